The van der Waals surface area contributed by atoms with E-state index in [0.717, 1.165) is 44.2 Å². The zero-order valence-corrected chi connectivity index (χ0v) is 12.0. The maximum atomic E-state index is 6.07. The van der Waals surface area contributed by atoms with Crippen molar-refractivity contribution in [3.63, 3.8) is 0 Å². The number of rotatable bonds is 4. The number of nitrogens with one attached hydrogen (secondary N) is 1. The third-order valence-electron chi connectivity index (χ3n) is 4.05. The summed E-state index contributed by atoms with van der Waals surface area (Å²) in [6.45, 7) is 4.92. The highest BCUT2D eigenvalue weighted by atomic mass is 35.5. The van der Waals surface area contributed by atoms with E-state index in [1.165, 1.54) is 12.8 Å². The summed E-state index contributed by atoms with van der Waals surface area (Å²) >= 11 is 6.07. The molecule has 5 heteroatoms. The van der Waals surface area contributed by atoms with E-state index in [2.05, 4.69) is 22.2 Å². The number of anilines is 1. The first-order valence-corrected chi connectivity index (χ1v) is 7.39. The molecule has 1 saturated heterocycles. The molecule has 2 heterocycles. The Balaban J connectivity index is 1.65. The average molecular weight is 282 g/mol. The van der Waals surface area contributed by atoms with Crippen molar-refractivity contribution in [2.75, 3.05) is 25.1 Å². The number of aromatic nitrogens is 2. The molecule has 0 unspecified atom stereocenters. The maximum Gasteiger partial charge on any atom is 0.135 e. The molecule has 1 saturated carbocycles. The third kappa shape index (κ3) is 3.37. The highest BCUT2D eigenvalue weighted by molar-refractivity contribution is 6.29. The predicted octanol–water partition coefficient (Wildman–Crippen LogP) is 3.24. The minimum atomic E-state index is 0.287. The fraction of sp³-hybridized carbons (Fsp3) is 0.714. The molecule has 19 heavy (non-hydrogen) atoms. The van der Waals surface area contributed by atoms with Gasteiger partial charge in [0.15, 0.2) is 0 Å². The quantitative estimate of drug-likeness (QED) is 0.861. The Morgan fingerprint density at radius 1 is 1.37 bits per heavy atom. The maximum absolute atomic E-state index is 6.07. The van der Waals surface area contributed by atoms with Gasteiger partial charge in [-0.1, -0.05) is 18.5 Å². The van der Waals surface area contributed by atoms with Crippen molar-refractivity contribution < 1.29 is 4.74 Å². The van der Waals surface area contributed by atoms with E-state index in [1.54, 1.807) is 0 Å². The number of ether oxygens (including phenoxy) is 1. The van der Waals surface area contributed by atoms with Crippen LogP contribution in [0, 0.1) is 5.41 Å². The lowest BCUT2D eigenvalue weighted by Gasteiger charge is -2.33. The van der Waals surface area contributed by atoms with Gasteiger partial charge in [-0.05, 0) is 31.1 Å². The van der Waals surface area contributed by atoms with Crippen molar-refractivity contribution in [3.05, 3.63) is 17.0 Å². The summed E-state index contributed by atoms with van der Waals surface area (Å²) in [6.07, 6.45) is 4.56. The van der Waals surface area contributed by atoms with Crippen molar-refractivity contribution >= 4 is 17.4 Å². The van der Waals surface area contributed by atoms with Gasteiger partial charge in [-0.25, -0.2) is 9.97 Å². The van der Waals surface area contributed by atoms with E-state index >= 15 is 0 Å². The van der Waals surface area contributed by atoms with Gasteiger partial charge in [-0.2, -0.15) is 0 Å². The first-order chi connectivity index (χ1) is 9.15. The molecule has 0 atom stereocenters. The van der Waals surface area contributed by atoms with Gasteiger partial charge in [0.25, 0.3) is 0 Å². The summed E-state index contributed by atoms with van der Waals surface area (Å²) in [5.74, 6) is 2.28. The Hall–Kier alpha value is -0.870. The molecule has 1 aromatic heterocycles. The summed E-state index contributed by atoms with van der Waals surface area (Å²) < 4.78 is 5.42. The van der Waals surface area contributed by atoms with Gasteiger partial charge in [0.2, 0.25) is 0 Å². The van der Waals surface area contributed by atoms with Crippen LogP contribution >= 0.6 is 11.6 Å². The first kappa shape index (κ1) is 13.1. The number of hydrogen-bond acceptors (Lipinski definition) is 4. The van der Waals surface area contributed by atoms with E-state index in [9.17, 15) is 0 Å². The number of nitrogens with zero attached hydrogens (tertiary/aromatic N) is 2. The predicted molar refractivity (Wildman–Crippen MR) is 75.7 cm³/mol. The topological polar surface area (TPSA) is 47.0 Å². The van der Waals surface area contributed by atoms with Gasteiger partial charge in [0, 0.05) is 31.7 Å². The van der Waals surface area contributed by atoms with Gasteiger partial charge in [0.1, 0.15) is 16.8 Å². The smallest absolute Gasteiger partial charge is 0.135 e. The lowest BCUT2D eigenvalue weighted by atomic mass is 9.82. The Kier molecular flexibility index (Phi) is 3.63. The normalized spacial score (nSPS) is 22.2. The molecule has 3 rings (SSSR count). The van der Waals surface area contributed by atoms with Crippen LogP contribution in [0.2, 0.25) is 5.15 Å². The van der Waals surface area contributed by atoms with E-state index in [0.29, 0.717) is 11.1 Å². The van der Waals surface area contributed by atoms with Crippen molar-refractivity contribution in [3.8, 4) is 0 Å². The third-order valence-corrected chi connectivity index (χ3v) is 4.24. The molecule has 2 aliphatic rings. The minimum absolute atomic E-state index is 0.287. The van der Waals surface area contributed by atoms with Crippen LogP contribution in [-0.2, 0) is 4.74 Å². The Morgan fingerprint density at radius 2 is 2.11 bits per heavy atom. The van der Waals surface area contributed by atoms with Crippen LogP contribution in [0.1, 0.15) is 44.3 Å². The highest BCUT2D eigenvalue weighted by Gasteiger charge is 2.29. The van der Waals surface area contributed by atoms with E-state index in [1.807, 2.05) is 6.07 Å². The molecule has 2 fully saturated rings. The van der Waals surface area contributed by atoms with Gasteiger partial charge >= 0.3 is 0 Å². The SMILES string of the molecule is CC1(CNc2cc(Cl)nc(C3CC3)n2)CCOCC1. The summed E-state index contributed by atoms with van der Waals surface area (Å²) in [6, 6.07) is 1.82. The summed E-state index contributed by atoms with van der Waals surface area (Å²) in [7, 11) is 0. The molecular formula is C14H20ClN3O. The van der Waals surface area contributed by atoms with Crippen molar-refractivity contribution in [2.45, 2.75) is 38.5 Å². The summed E-state index contributed by atoms with van der Waals surface area (Å²) in [5.41, 5.74) is 0.287. The molecule has 0 amide bonds. The molecule has 4 nitrogen and oxygen atoms in total. The largest absolute Gasteiger partial charge is 0.381 e. The fourth-order valence-electron chi connectivity index (χ4n) is 2.39. The molecule has 104 valence electrons. The first-order valence-electron chi connectivity index (χ1n) is 7.01. The van der Waals surface area contributed by atoms with E-state index < -0.39 is 0 Å². The second-order valence-corrected chi connectivity index (χ2v) is 6.37. The minimum Gasteiger partial charge on any atom is -0.381 e. The monoisotopic (exact) mass is 281 g/mol. The zero-order valence-electron chi connectivity index (χ0n) is 11.3. The molecule has 1 N–H and O–H groups in total. The van der Waals surface area contributed by atoms with Crippen LogP contribution in [0.3, 0.4) is 0 Å². The van der Waals surface area contributed by atoms with Gasteiger partial charge < -0.3 is 10.1 Å². The fourth-order valence-corrected chi connectivity index (χ4v) is 2.58. The molecule has 0 radical (unpaired) electrons. The second kappa shape index (κ2) is 5.25. The lowest BCUT2D eigenvalue weighted by Crippen LogP contribution is -2.33. The van der Waals surface area contributed by atoms with E-state index in [-0.39, 0.29) is 5.41 Å². The molecule has 1 aliphatic heterocycles. The standard InChI is InChI=1S/C14H20ClN3O/c1-14(4-6-19-7-5-14)9-16-12-8-11(15)17-13(18-12)10-2-3-10/h8,10H,2-7,9H2,1H3,(H,16,17,18). The Morgan fingerprint density at radius 3 is 2.79 bits per heavy atom. The molecule has 1 aliphatic carbocycles. The molecule has 1 aromatic rings. The van der Waals surface area contributed by atoms with E-state index in [4.69, 9.17) is 16.3 Å². The van der Waals surface area contributed by atoms with Gasteiger partial charge in [-0.3, -0.25) is 0 Å². The summed E-state index contributed by atoms with van der Waals surface area (Å²) in [4.78, 5) is 8.88. The number of halogens is 1. The van der Waals surface area contributed by atoms with Crippen LogP contribution in [0.5, 0.6) is 0 Å². The van der Waals surface area contributed by atoms with Crippen LogP contribution in [-0.4, -0.2) is 29.7 Å². The Bertz CT molecular complexity index is 456. The van der Waals surface area contributed by atoms with Gasteiger partial charge in [0.05, 0.1) is 0 Å². The molecule has 0 spiro atoms. The molecule has 0 bridgehead atoms. The highest BCUT2D eigenvalue weighted by Crippen LogP contribution is 2.39. The second-order valence-electron chi connectivity index (χ2n) is 5.98. The van der Waals surface area contributed by atoms with Gasteiger partial charge in [-0.15, -0.1) is 0 Å². The Labute approximate surface area is 118 Å². The van der Waals surface area contributed by atoms with Crippen LogP contribution in [0.25, 0.3) is 0 Å². The molecular weight excluding hydrogens is 262 g/mol. The van der Waals surface area contributed by atoms with Crippen LogP contribution in [0.4, 0.5) is 5.82 Å². The van der Waals surface area contributed by atoms with Crippen molar-refractivity contribution in [1.82, 2.24) is 9.97 Å². The van der Waals surface area contributed by atoms with Crippen LogP contribution in [0.15, 0.2) is 6.07 Å². The number of hydrogen-bond donors (Lipinski definition) is 1. The lowest BCUT2D eigenvalue weighted by molar-refractivity contribution is 0.0299. The van der Waals surface area contributed by atoms with Crippen LogP contribution < -0.4 is 5.32 Å². The summed E-state index contributed by atoms with van der Waals surface area (Å²) in [5, 5.41) is 3.97. The molecule has 0 aromatic carbocycles. The van der Waals surface area contributed by atoms with Crippen molar-refractivity contribution in [1.29, 1.82) is 0 Å². The zero-order chi connectivity index (χ0) is 13.3. The van der Waals surface area contributed by atoms with Crippen molar-refractivity contribution in [2.24, 2.45) is 5.41 Å². The average Bonchev–Trinajstić information content (AvgIpc) is 3.21.